The van der Waals surface area contributed by atoms with Crippen LogP contribution in [-0.2, 0) is 9.47 Å². The molecule has 1 aliphatic rings. The van der Waals surface area contributed by atoms with Crippen molar-refractivity contribution in [2.75, 3.05) is 20.3 Å². The molecular formula is C6H13NO2. The van der Waals surface area contributed by atoms with E-state index < -0.39 is 0 Å². The summed E-state index contributed by atoms with van der Waals surface area (Å²) in [5, 5.41) is 0. The van der Waals surface area contributed by atoms with E-state index in [4.69, 9.17) is 15.2 Å². The lowest BCUT2D eigenvalue weighted by molar-refractivity contribution is 0.0689. The van der Waals surface area contributed by atoms with Gasteiger partial charge in [-0.1, -0.05) is 0 Å². The first-order valence-corrected chi connectivity index (χ1v) is 3.21. The van der Waals surface area contributed by atoms with Gasteiger partial charge < -0.3 is 15.2 Å². The molecule has 1 aliphatic heterocycles. The molecule has 1 rings (SSSR count). The van der Waals surface area contributed by atoms with Crippen molar-refractivity contribution in [1.29, 1.82) is 0 Å². The molecule has 0 radical (unpaired) electrons. The second kappa shape index (κ2) is 3.15. The van der Waals surface area contributed by atoms with Gasteiger partial charge in [-0.2, -0.15) is 0 Å². The zero-order valence-corrected chi connectivity index (χ0v) is 5.67. The van der Waals surface area contributed by atoms with E-state index in [1.165, 1.54) is 0 Å². The lowest BCUT2D eigenvalue weighted by atomic mass is 10.2. The van der Waals surface area contributed by atoms with E-state index >= 15 is 0 Å². The molecule has 0 aromatic heterocycles. The van der Waals surface area contributed by atoms with Crippen molar-refractivity contribution in [2.24, 2.45) is 5.73 Å². The van der Waals surface area contributed by atoms with Gasteiger partial charge in [0.15, 0.2) is 0 Å². The van der Waals surface area contributed by atoms with E-state index in [9.17, 15) is 0 Å². The summed E-state index contributed by atoms with van der Waals surface area (Å²) in [5.74, 6) is 0. The van der Waals surface area contributed by atoms with Crippen molar-refractivity contribution in [1.82, 2.24) is 0 Å². The Morgan fingerprint density at radius 1 is 1.78 bits per heavy atom. The SMILES string of the molecule is CO[C@@H]1CO[C@@H](CN)C1. The molecule has 0 unspecified atom stereocenters. The van der Waals surface area contributed by atoms with Crippen molar-refractivity contribution in [3.05, 3.63) is 0 Å². The van der Waals surface area contributed by atoms with Gasteiger partial charge in [0, 0.05) is 20.1 Å². The summed E-state index contributed by atoms with van der Waals surface area (Å²) in [4.78, 5) is 0. The lowest BCUT2D eigenvalue weighted by Gasteiger charge is -2.03. The highest BCUT2D eigenvalue weighted by atomic mass is 16.5. The normalized spacial score (nSPS) is 35.3. The summed E-state index contributed by atoms with van der Waals surface area (Å²) >= 11 is 0. The van der Waals surface area contributed by atoms with E-state index in [-0.39, 0.29) is 12.2 Å². The Kier molecular flexibility index (Phi) is 2.45. The van der Waals surface area contributed by atoms with Crippen LogP contribution in [-0.4, -0.2) is 32.5 Å². The van der Waals surface area contributed by atoms with E-state index in [2.05, 4.69) is 0 Å². The highest BCUT2D eigenvalue weighted by molar-refractivity contribution is 4.73. The fourth-order valence-corrected chi connectivity index (χ4v) is 1.00. The number of ether oxygens (including phenoxy) is 2. The topological polar surface area (TPSA) is 44.5 Å². The summed E-state index contributed by atoms with van der Waals surface area (Å²) in [5.41, 5.74) is 5.37. The second-order valence-electron chi connectivity index (χ2n) is 2.28. The van der Waals surface area contributed by atoms with Gasteiger partial charge in [0.25, 0.3) is 0 Å². The van der Waals surface area contributed by atoms with Gasteiger partial charge in [-0.15, -0.1) is 0 Å². The van der Waals surface area contributed by atoms with Crippen LogP contribution in [0.2, 0.25) is 0 Å². The minimum atomic E-state index is 0.231. The van der Waals surface area contributed by atoms with Crippen LogP contribution in [0.5, 0.6) is 0 Å². The van der Waals surface area contributed by atoms with Gasteiger partial charge in [0.2, 0.25) is 0 Å². The van der Waals surface area contributed by atoms with Crippen molar-refractivity contribution >= 4 is 0 Å². The fourth-order valence-electron chi connectivity index (χ4n) is 1.00. The highest BCUT2D eigenvalue weighted by Crippen LogP contribution is 2.13. The van der Waals surface area contributed by atoms with Gasteiger partial charge in [0.1, 0.15) is 0 Å². The van der Waals surface area contributed by atoms with Gasteiger partial charge in [-0.05, 0) is 0 Å². The van der Waals surface area contributed by atoms with Crippen LogP contribution in [0.1, 0.15) is 6.42 Å². The molecule has 2 atom stereocenters. The number of rotatable bonds is 2. The predicted molar refractivity (Wildman–Crippen MR) is 34.2 cm³/mol. The van der Waals surface area contributed by atoms with Crippen LogP contribution in [0, 0.1) is 0 Å². The Labute approximate surface area is 55.1 Å². The van der Waals surface area contributed by atoms with Crippen molar-refractivity contribution < 1.29 is 9.47 Å². The van der Waals surface area contributed by atoms with Gasteiger partial charge in [-0.3, -0.25) is 0 Å². The molecule has 0 spiro atoms. The van der Waals surface area contributed by atoms with Gasteiger partial charge in [-0.25, -0.2) is 0 Å². The molecule has 1 heterocycles. The van der Waals surface area contributed by atoms with E-state index in [0.29, 0.717) is 13.2 Å². The molecule has 0 saturated carbocycles. The van der Waals surface area contributed by atoms with Crippen LogP contribution in [0.4, 0.5) is 0 Å². The van der Waals surface area contributed by atoms with E-state index in [1.807, 2.05) is 0 Å². The summed E-state index contributed by atoms with van der Waals surface area (Å²) in [6.45, 7) is 1.32. The quantitative estimate of drug-likeness (QED) is 0.562. The number of hydrogen-bond donors (Lipinski definition) is 1. The maximum atomic E-state index is 5.37. The molecule has 2 N–H and O–H groups in total. The van der Waals surface area contributed by atoms with Crippen molar-refractivity contribution in [2.45, 2.75) is 18.6 Å². The third-order valence-corrected chi connectivity index (χ3v) is 1.64. The maximum Gasteiger partial charge on any atom is 0.0830 e. The number of hydrogen-bond acceptors (Lipinski definition) is 3. The van der Waals surface area contributed by atoms with Crippen LogP contribution in [0.3, 0.4) is 0 Å². The van der Waals surface area contributed by atoms with Crippen molar-refractivity contribution in [3.8, 4) is 0 Å². The first-order valence-electron chi connectivity index (χ1n) is 3.21. The molecule has 0 bridgehead atoms. The molecule has 0 amide bonds. The highest BCUT2D eigenvalue weighted by Gasteiger charge is 2.23. The summed E-state index contributed by atoms with van der Waals surface area (Å²) in [7, 11) is 1.70. The first kappa shape index (κ1) is 6.99. The van der Waals surface area contributed by atoms with E-state index in [0.717, 1.165) is 6.42 Å². The largest absolute Gasteiger partial charge is 0.379 e. The maximum absolute atomic E-state index is 5.37. The van der Waals surface area contributed by atoms with Crippen LogP contribution >= 0.6 is 0 Å². The monoisotopic (exact) mass is 131 g/mol. The standard InChI is InChI=1S/C6H13NO2/c1-8-6-2-5(3-7)9-4-6/h5-6H,2-4,7H2,1H3/t5-,6+/m1/s1. The zero-order chi connectivity index (χ0) is 6.69. The number of methoxy groups -OCH3 is 1. The number of nitrogens with two attached hydrogens (primary N) is 1. The molecule has 3 nitrogen and oxygen atoms in total. The Balaban J connectivity index is 2.20. The minimum Gasteiger partial charge on any atom is -0.379 e. The molecule has 0 aromatic rings. The molecule has 1 fully saturated rings. The van der Waals surface area contributed by atoms with Gasteiger partial charge in [0.05, 0.1) is 18.8 Å². The molecule has 1 saturated heterocycles. The smallest absolute Gasteiger partial charge is 0.0830 e. The molecule has 3 heteroatoms. The second-order valence-corrected chi connectivity index (χ2v) is 2.28. The summed E-state index contributed by atoms with van der Waals surface area (Å²) in [6.07, 6.45) is 1.46. The Hall–Kier alpha value is -0.120. The Morgan fingerprint density at radius 2 is 2.56 bits per heavy atom. The summed E-state index contributed by atoms with van der Waals surface area (Å²) < 4.78 is 10.3. The lowest BCUT2D eigenvalue weighted by Crippen LogP contribution is -2.19. The van der Waals surface area contributed by atoms with Gasteiger partial charge >= 0.3 is 0 Å². The van der Waals surface area contributed by atoms with Crippen LogP contribution < -0.4 is 5.73 Å². The first-order chi connectivity index (χ1) is 4.36. The molecule has 54 valence electrons. The summed E-state index contributed by atoms with van der Waals surface area (Å²) in [6, 6.07) is 0. The Morgan fingerprint density at radius 3 is 2.89 bits per heavy atom. The molecule has 0 aromatic carbocycles. The van der Waals surface area contributed by atoms with E-state index in [1.54, 1.807) is 7.11 Å². The average Bonchev–Trinajstić information content (AvgIpc) is 2.34. The Bertz CT molecular complexity index is 77.1. The fraction of sp³-hybridized carbons (Fsp3) is 1.00. The minimum absolute atomic E-state index is 0.231. The average molecular weight is 131 g/mol. The predicted octanol–water partition coefficient (Wildman–Crippen LogP) is -0.251. The van der Waals surface area contributed by atoms with Crippen LogP contribution in [0.15, 0.2) is 0 Å². The molecule has 0 aliphatic carbocycles. The van der Waals surface area contributed by atoms with Crippen molar-refractivity contribution in [3.63, 3.8) is 0 Å². The third kappa shape index (κ3) is 1.64. The molecular weight excluding hydrogens is 118 g/mol. The zero-order valence-electron chi connectivity index (χ0n) is 5.67. The third-order valence-electron chi connectivity index (χ3n) is 1.64. The molecule has 9 heavy (non-hydrogen) atoms. The van der Waals surface area contributed by atoms with Crippen LogP contribution in [0.25, 0.3) is 0 Å².